The number of aromatic amines is 1. The first kappa shape index (κ1) is 12.4. The minimum atomic E-state index is -0.0601. The highest BCUT2D eigenvalue weighted by Gasteiger charge is 2.36. The largest absolute Gasteiger partial charge is 0.360 e. The molecule has 104 valence electrons. The molecule has 0 radical (unpaired) electrons. The topological polar surface area (TPSA) is 28.1 Å². The van der Waals surface area contributed by atoms with Gasteiger partial charge in [0.2, 0.25) is 0 Å². The number of aromatic nitrogens is 1. The number of hydrogen-bond donors (Lipinski definition) is 1. The molecule has 0 saturated carbocycles. The number of nitrogens with one attached hydrogen (secondary N) is 1. The highest BCUT2D eigenvalue weighted by Crippen LogP contribution is 2.42. The van der Waals surface area contributed by atoms with Gasteiger partial charge in [-0.05, 0) is 24.1 Å². The van der Waals surface area contributed by atoms with Gasteiger partial charge < -0.3 is 4.98 Å². The van der Waals surface area contributed by atoms with Crippen LogP contribution >= 0.6 is 0 Å². The van der Waals surface area contributed by atoms with Crippen molar-refractivity contribution in [3.63, 3.8) is 0 Å². The molecule has 0 aliphatic carbocycles. The Balaban J connectivity index is 1.97. The quantitative estimate of drug-likeness (QED) is 0.654. The predicted octanol–water partition coefficient (Wildman–Crippen LogP) is 4.89. The summed E-state index contributed by atoms with van der Waals surface area (Å²) in [4.78, 5) is 8.34. The molecule has 0 bridgehead atoms. The second kappa shape index (κ2) is 4.08. The molecule has 2 nitrogen and oxygen atoms in total. The minimum Gasteiger partial charge on any atom is -0.360 e. The van der Waals surface area contributed by atoms with Gasteiger partial charge in [0.05, 0.1) is 11.4 Å². The summed E-state index contributed by atoms with van der Waals surface area (Å²) in [6.07, 6.45) is 2.10. The van der Waals surface area contributed by atoms with Crippen molar-refractivity contribution in [2.45, 2.75) is 26.2 Å². The van der Waals surface area contributed by atoms with Crippen LogP contribution < -0.4 is 0 Å². The molecule has 1 aliphatic heterocycles. The molecule has 1 aliphatic rings. The number of aryl methyl sites for hydroxylation is 1. The van der Waals surface area contributed by atoms with Gasteiger partial charge in [-0.2, -0.15) is 0 Å². The molecule has 2 heteroatoms. The van der Waals surface area contributed by atoms with Crippen molar-refractivity contribution >= 4 is 22.3 Å². The second-order valence-electron chi connectivity index (χ2n) is 6.30. The number of para-hydroxylation sites is 2. The fraction of sp³-hybridized carbons (Fsp3) is 0.211. The molecular weight excluding hydrogens is 256 g/mol. The first-order valence-electron chi connectivity index (χ1n) is 7.35. The van der Waals surface area contributed by atoms with E-state index in [1.165, 1.54) is 27.6 Å². The Morgan fingerprint density at radius 1 is 1.00 bits per heavy atom. The predicted molar refractivity (Wildman–Crippen MR) is 88.7 cm³/mol. The molecule has 3 aromatic rings. The summed E-state index contributed by atoms with van der Waals surface area (Å²) in [5, 5.41) is 1.26. The highest BCUT2D eigenvalue weighted by atomic mass is 14.8. The molecule has 2 heterocycles. The summed E-state index contributed by atoms with van der Waals surface area (Å²) in [5.41, 5.74) is 7.20. The van der Waals surface area contributed by atoms with Gasteiger partial charge >= 0.3 is 0 Å². The molecule has 0 atom stereocenters. The number of hydrogen-bond acceptors (Lipinski definition) is 1. The Morgan fingerprint density at radius 2 is 1.81 bits per heavy atom. The van der Waals surface area contributed by atoms with Gasteiger partial charge in [-0.1, -0.05) is 50.2 Å². The second-order valence-corrected chi connectivity index (χ2v) is 6.30. The van der Waals surface area contributed by atoms with Crippen LogP contribution in [0.15, 0.2) is 53.7 Å². The van der Waals surface area contributed by atoms with Crippen LogP contribution in [0.25, 0.3) is 10.9 Å². The van der Waals surface area contributed by atoms with E-state index in [-0.39, 0.29) is 5.41 Å². The summed E-state index contributed by atoms with van der Waals surface area (Å²) in [6, 6.07) is 14.9. The van der Waals surface area contributed by atoms with E-state index in [0.29, 0.717) is 0 Å². The SMILES string of the molecule is Cc1cccc2c(C3=Nc4ccccc4C3(C)C)c[nH]c12. The van der Waals surface area contributed by atoms with Gasteiger partial charge in [-0.3, -0.25) is 4.99 Å². The maximum atomic E-state index is 4.92. The molecule has 4 rings (SSSR count). The summed E-state index contributed by atoms with van der Waals surface area (Å²) >= 11 is 0. The van der Waals surface area contributed by atoms with Crippen LogP contribution in [0.1, 0.15) is 30.5 Å². The zero-order valence-electron chi connectivity index (χ0n) is 12.6. The lowest BCUT2D eigenvalue weighted by molar-refractivity contribution is 0.738. The zero-order valence-corrected chi connectivity index (χ0v) is 12.6. The average Bonchev–Trinajstić information content (AvgIpc) is 3.00. The number of benzene rings is 2. The Morgan fingerprint density at radius 3 is 2.62 bits per heavy atom. The molecule has 0 amide bonds. The van der Waals surface area contributed by atoms with E-state index in [2.05, 4.69) is 74.4 Å². The molecule has 21 heavy (non-hydrogen) atoms. The van der Waals surface area contributed by atoms with E-state index >= 15 is 0 Å². The van der Waals surface area contributed by atoms with Crippen LogP contribution in [0, 0.1) is 6.92 Å². The summed E-state index contributed by atoms with van der Waals surface area (Å²) in [7, 11) is 0. The van der Waals surface area contributed by atoms with Gasteiger partial charge in [0, 0.05) is 28.1 Å². The molecule has 0 fully saturated rings. The van der Waals surface area contributed by atoms with Gasteiger partial charge in [0.15, 0.2) is 0 Å². The van der Waals surface area contributed by atoms with E-state index in [0.717, 1.165) is 11.4 Å². The van der Waals surface area contributed by atoms with Crippen molar-refractivity contribution in [2.24, 2.45) is 4.99 Å². The molecule has 0 unspecified atom stereocenters. The van der Waals surface area contributed by atoms with Crippen LogP contribution in [-0.4, -0.2) is 10.7 Å². The molecular formula is C19H18N2. The van der Waals surface area contributed by atoms with Crippen molar-refractivity contribution < 1.29 is 0 Å². The fourth-order valence-electron chi connectivity index (χ4n) is 3.39. The number of nitrogens with zero attached hydrogens (tertiary/aromatic N) is 1. The smallest absolute Gasteiger partial charge is 0.0675 e. The van der Waals surface area contributed by atoms with E-state index < -0.39 is 0 Å². The number of H-pyrrole nitrogens is 1. The van der Waals surface area contributed by atoms with Crippen LogP contribution in [0.5, 0.6) is 0 Å². The maximum absolute atomic E-state index is 4.92. The van der Waals surface area contributed by atoms with Gasteiger partial charge in [-0.15, -0.1) is 0 Å². The Kier molecular flexibility index (Phi) is 2.41. The number of fused-ring (bicyclic) bond motifs is 2. The fourth-order valence-corrected chi connectivity index (χ4v) is 3.39. The van der Waals surface area contributed by atoms with Gasteiger partial charge in [0.25, 0.3) is 0 Å². The zero-order chi connectivity index (χ0) is 14.6. The standard InChI is InChI=1S/C19H18N2/c1-12-7-6-8-13-14(11-20-17(12)13)18-19(2,3)15-9-4-5-10-16(15)21-18/h4-11,20H,1-3H3. The van der Waals surface area contributed by atoms with Crippen molar-refractivity contribution in [1.29, 1.82) is 0 Å². The molecule has 1 aromatic heterocycles. The normalized spacial score (nSPS) is 16.0. The number of aliphatic imine (C=N–C) groups is 1. The highest BCUT2D eigenvalue weighted by molar-refractivity contribution is 6.18. The van der Waals surface area contributed by atoms with Crippen LogP contribution in [0.4, 0.5) is 5.69 Å². The first-order chi connectivity index (χ1) is 10.1. The molecule has 0 saturated heterocycles. The molecule has 2 aromatic carbocycles. The van der Waals surface area contributed by atoms with Crippen LogP contribution in [0.3, 0.4) is 0 Å². The minimum absolute atomic E-state index is 0.0601. The van der Waals surface area contributed by atoms with Gasteiger partial charge in [-0.25, -0.2) is 0 Å². The van der Waals surface area contributed by atoms with E-state index in [4.69, 9.17) is 4.99 Å². The lowest BCUT2D eigenvalue weighted by Crippen LogP contribution is -2.26. The summed E-state index contributed by atoms with van der Waals surface area (Å²) in [6.45, 7) is 6.65. The monoisotopic (exact) mass is 274 g/mol. The maximum Gasteiger partial charge on any atom is 0.0675 e. The van der Waals surface area contributed by atoms with E-state index in [9.17, 15) is 0 Å². The Hall–Kier alpha value is -2.35. The Bertz CT molecular complexity index is 881. The first-order valence-corrected chi connectivity index (χ1v) is 7.35. The summed E-state index contributed by atoms with van der Waals surface area (Å²) in [5.74, 6) is 0. The van der Waals surface area contributed by atoms with Gasteiger partial charge in [0.1, 0.15) is 0 Å². The average molecular weight is 274 g/mol. The van der Waals surface area contributed by atoms with Crippen LogP contribution in [-0.2, 0) is 5.41 Å². The lowest BCUT2D eigenvalue weighted by atomic mass is 9.79. The third-order valence-electron chi connectivity index (χ3n) is 4.58. The van der Waals surface area contributed by atoms with E-state index in [1.54, 1.807) is 0 Å². The third kappa shape index (κ3) is 1.62. The molecule has 1 N–H and O–H groups in total. The number of rotatable bonds is 1. The van der Waals surface area contributed by atoms with Crippen molar-refractivity contribution in [1.82, 2.24) is 4.98 Å². The van der Waals surface area contributed by atoms with Crippen molar-refractivity contribution in [3.05, 3.63) is 65.4 Å². The third-order valence-corrected chi connectivity index (χ3v) is 4.58. The van der Waals surface area contributed by atoms with Crippen molar-refractivity contribution in [3.8, 4) is 0 Å². The lowest BCUT2D eigenvalue weighted by Gasteiger charge is -2.22. The van der Waals surface area contributed by atoms with Crippen molar-refractivity contribution in [2.75, 3.05) is 0 Å². The Labute approximate surface area is 124 Å². The van der Waals surface area contributed by atoms with Crippen LogP contribution in [0.2, 0.25) is 0 Å². The molecule has 0 spiro atoms. The van der Waals surface area contributed by atoms with E-state index in [1.807, 2.05) is 0 Å². The summed E-state index contributed by atoms with van der Waals surface area (Å²) < 4.78 is 0.